The van der Waals surface area contributed by atoms with Crippen molar-refractivity contribution in [1.29, 1.82) is 0 Å². The molecule has 3 nitrogen and oxygen atoms in total. The topological polar surface area (TPSA) is 44.6 Å². The van der Waals surface area contributed by atoms with E-state index < -0.39 is 0 Å². The highest BCUT2D eigenvalue weighted by molar-refractivity contribution is 5.83. The third kappa shape index (κ3) is 3.08. The van der Waals surface area contributed by atoms with E-state index in [1.165, 1.54) is 5.56 Å². The van der Waals surface area contributed by atoms with Crippen LogP contribution >= 0.6 is 0 Å². The molecule has 2 aromatic rings. The van der Waals surface area contributed by atoms with Gasteiger partial charge in [-0.05, 0) is 31.2 Å². The van der Waals surface area contributed by atoms with Gasteiger partial charge < -0.3 is 5.11 Å². The zero-order valence-electron chi connectivity index (χ0n) is 9.59. The molecule has 0 heterocycles. The molecule has 0 radical (unpaired) electrons. The highest BCUT2D eigenvalue weighted by Gasteiger charge is 1.94. The predicted molar refractivity (Wildman–Crippen MR) is 70.5 cm³/mol. The number of nitrogens with one attached hydrogen (secondary N) is 1. The molecule has 0 aromatic heterocycles. The van der Waals surface area contributed by atoms with Crippen LogP contribution in [-0.2, 0) is 0 Å². The molecule has 0 bridgehead atoms. The van der Waals surface area contributed by atoms with Crippen LogP contribution in [0.5, 0.6) is 5.75 Å². The smallest absolute Gasteiger partial charge is 0.124 e. The van der Waals surface area contributed by atoms with Gasteiger partial charge in [-0.25, -0.2) is 0 Å². The highest BCUT2D eigenvalue weighted by atomic mass is 16.3. The van der Waals surface area contributed by atoms with Crippen molar-refractivity contribution in [3.63, 3.8) is 0 Å². The summed E-state index contributed by atoms with van der Waals surface area (Å²) >= 11 is 0. The Kier molecular flexibility index (Phi) is 3.40. The van der Waals surface area contributed by atoms with E-state index in [0.717, 1.165) is 5.69 Å². The van der Waals surface area contributed by atoms with Crippen LogP contribution in [0.4, 0.5) is 5.69 Å². The fraction of sp³-hybridized carbons (Fsp3) is 0.0714. The first-order valence-electron chi connectivity index (χ1n) is 5.39. The average Bonchev–Trinajstić information content (AvgIpc) is 2.34. The van der Waals surface area contributed by atoms with Crippen LogP contribution in [0.15, 0.2) is 53.6 Å². The largest absolute Gasteiger partial charge is 0.507 e. The Balaban J connectivity index is 2.03. The van der Waals surface area contributed by atoms with E-state index in [4.69, 9.17) is 0 Å². The van der Waals surface area contributed by atoms with Crippen molar-refractivity contribution in [1.82, 2.24) is 0 Å². The summed E-state index contributed by atoms with van der Waals surface area (Å²) in [5, 5.41) is 13.6. The number of hydrazone groups is 1. The van der Waals surface area contributed by atoms with Gasteiger partial charge in [-0.3, -0.25) is 5.43 Å². The van der Waals surface area contributed by atoms with Crippen LogP contribution in [0.25, 0.3) is 0 Å². The number of anilines is 1. The normalized spacial score (nSPS) is 10.6. The number of aryl methyl sites for hydroxylation is 1. The summed E-state index contributed by atoms with van der Waals surface area (Å²) in [6.07, 6.45) is 1.59. The molecule has 2 aromatic carbocycles. The fourth-order valence-electron chi connectivity index (χ4n) is 1.40. The zero-order chi connectivity index (χ0) is 12.1. The maximum Gasteiger partial charge on any atom is 0.124 e. The predicted octanol–water partition coefficient (Wildman–Crippen LogP) is 3.15. The van der Waals surface area contributed by atoms with Crippen molar-refractivity contribution < 1.29 is 5.11 Å². The van der Waals surface area contributed by atoms with Crippen molar-refractivity contribution >= 4 is 11.9 Å². The third-order valence-electron chi connectivity index (χ3n) is 2.39. The Hall–Kier alpha value is -2.29. The fourth-order valence-corrected chi connectivity index (χ4v) is 1.40. The van der Waals surface area contributed by atoms with Gasteiger partial charge in [0.2, 0.25) is 0 Å². The number of para-hydroxylation sites is 1. The van der Waals surface area contributed by atoms with Gasteiger partial charge in [0.15, 0.2) is 0 Å². The number of benzene rings is 2. The number of phenols is 1. The van der Waals surface area contributed by atoms with E-state index in [2.05, 4.69) is 10.5 Å². The lowest BCUT2D eigenvalue weighted by atomic mass is 10.2. The molecule has 0 spiro atoms. The van der Waals surface area contributed by atoms with Gasteiger partial charge in [-0.15, -0.1) is 0 Å². The van der Waals surface area contributed by atoms with Crippen molar-refractivity contribution in [2.75, 3.05) is 5.43 Å². The minimum atomic E-state index is 0.224. The molecule has 0 aliphatic heterocycles. The van der Waals surface area contributed by atoms with Gasteiger partial charge in [0.25, 0.3) is 0 Å². The van der Waals surface area contributed by atoms with Gasteiger partial charge in [-0.2, -0.15) is 5.10 Å². The molecule has 0 aliphatic carbocycles. The second kappa shape index (κ2) is 5.16. The minimum Gasteiger partial charge on any atom is -0.507 e. The molecule has 0 atom stereocenters. The molecule has 0 saturated carbocycles. The molecule has 2 N–H and O–H groups in total. The average molecular weight is 226 g/mol. The summed E-state index contributed by atoms with van der Waals surface area (Å²) in [5.74, 6) is 0.224. The molecular formula is C14H14N2O. The number of hydrogen-bond acceptors (Lipinski definition) is 3. The molecule has 0 amide bonds. The van der Waals surface area contributed by atoms with Crippen LogP contribution in [0.2, 0.25) is 0 Å². The Labute approximate surface area is 100 Å². The summed E-state index contributed by atoms with van der Waals surface area (Å²) in [6.45, 7) is 2.04. The SMILES string of the molecule is Cc1ccc(N/N=C/c2ccccc2O)cc1. The van der Waals surface area contributed by atoms with Crippen LogP contribution in [0.1, 0.15) is 11.1 Å². The van der Waals surface area contributed by atoms with E-state index in [9.17, 15) is 5.11 Å². The lowest BCUT2D eigenvalue weighted by molar-refractivity contribution is 0.474. The first-order valence-corrected chi connectivity index (χ1v) is 5.39. The Bertz CT molecular complexity index is 518. The van der Waals surface area contributed by atoms with Crippen LogP contribution in [-0.4, -0.2) is 11.3 Å². The number of aromatic hydroxyl groups is 1. The summed E-state index contributed by atoms with van der Waals surface area (Å²) in [5.41, 5.74) is 5.72. The number of hydrogen-bond donors (Lipinski definition) is 2. The first-order chi connectivity index (χ1) is 8.25. The number of nitrogens with zero attached hydrogens (tertiary/aromatic N) is 1. The molecule has 0 unspecified atom stereocenters. The van der Waals surface area contributed by atoms with Gasteiger partial charge in [-0.1, -0.05) is 29.8 Å². The molecule has 0 saturated heterocycles. The molecule has 17 heavy (non-hydrogen) atoms. The zero-order valence-corrected chi connectivity index (χ0v) is 9.59. The second-order valence-corrected chi connectivity index (χ2v) is 3.79. The Morgan fingerprint density at radius 3 is 2.47 bits per heavy atom. The quantitative estimate of drug-likeness (QED) is 0.623. The molecule has 0 fully saturated rings. The standard InChI is InChI=1S/C14H14N2O/c1-11-6-8-13(9-7-11)16-15-10-12-4-2-3-5-14(12)17/h2-10,16-17H,1H3/b15-10+. The van der Waals surface area contributed by atoms with Gasteiger partial charge in [0.1, 0.15) is 5.75 Å². The van der Waals surface area contributed by atoms with E-state index in [1.807, 2.05) is 37.3 Å². The monoisotopic (exact) mass is 226 g/mol. The molecule has 0 aliphatic rings. The van der Waals surface area contributed by atoms with Crippen molar-refractivity contribution in [2.45, 2.75) is 6.92 Å². The van der Waals surface area contributed by atoms with Crippen molar-refractivity contribution in [3.8, 4) is 5.75 Å². The van der Waals surface area contributed by atoms with Gasteiger partial charge >= 0.3 is 0 Å². The summed E-state index contributed by atoms with van der Waals surface area (Å²) in [7, 11) is 0. The maximum atomic E-state index is 9.53. The lowest BCUT2D eigenvalue weighted by Gasteiger charge is -2.01. The van der Waals surface area contributed by atoms with Crippen LogP contribution < -0.4 is 5.43 Å². The molecule has 2 rings (SSSR count). The van der Waals surface area contributed by atoms with Crippen molar-refractivity contribution in [2.24, 2.45) is 5.10 Å². The summed E-state index contributed by atoms with van der Waals surface area (Å²) in [4.78, 5) is 0. The van der Waals surface area contributed by atoms with E-state index in [-0.39, 0.29) is 5.75 Å². The second-order valence-electron chi connectivity index (χ2n) is 3.79. The van der Waals surface area contributed by atoms with Crippen LogP contribution in [0.3, 0.4) is 0 Å². The summed E-state index contributed by atoms with van der Waals surface area (Å²) in [6, 6.07) is 15.0. The highest BCUT2D eigenvalue weighted by Crippen LogP contribution is 2.13. The van der Waals surface area contributed by atoms with Crippen LogP contribution in [0, 0.1) is 6.92 Å². The van der Waals surface area contributed by atoms with Gasteiger partial charge in [0, 0.05) is 5.56 Å². The Morgan fingerprint density at radius 1 is 1.06 bits per heavy atom. The van der Waals surface area contributed by atoms with Gasteiger partial charge in [0.05, 0.1) is 11.9 Å². The molecular weight excluding hydrogens is 212 g/mol. The Morgan fingerprint density at radius 2 is 1.76 bits per heavy atom. The lowest BCUT2D eigenvalue weighted by Crippen LogP contribution is -1.90. The van der Waals surface area contributed by atoms with Crippen molar-refractivity contribution in [3.05, 3.63) is 59.7 Å². The molecule has 86 valence electrons. The number of rotatable bonds is 3. The maximum absolute atomic E-state index is 9.53. The third-order valence-corrected chi connectivity index (χ3v) is 2.39. The summed E-state index contributed by atoms with van der Waals surface area (Å²) < 4.78 is 0. The molecule has 3 heteroatoms. The van der Waals surface area contributed by atoms with E-state index in [1.54, 1.807) is 24.4 Å². The first kappa shape index (κ1) is 11.2. The van der Waals surface area contributed by atoms with E-state index in [0.29, 0.717) is 5.56 Å². The number of phenolic OH excluding ortho intramolecular Hbond substituents is 1. The minimum absolute atomic E-state index is 0.224. The van der Waals surface area contributed by atoms with E-state index >= 15 is 0 Å².